The molecule has 3 unspecified atom stereocenters. The van der Waals surface area contributed by atoms with Crippen LogP contribution < -0.4 is 0 Å². The van der Waals surface area contributed by atoms with Crippen molar-refractivity contribution in [1.29, 1.82) is 0 Å². The fourth-order valence-electron chi connectivity index (χ4n) is 5.67. The molecule has 0 aliphatic carbocycles. The van der Waals surface area contributed by atoms with Crippen LogP contribution in [0.3, 0.4) is 0 Å². The highest BCUT2D eigenvalue weighted by Gasteiger charge is 2.26. The Morgan fingerprint density at radius 3 is 1.75 bits per heavy atom. The molecule has 10 nitrogen and oxygen atoms in total. The van der Waals surface area contributed by atoms with Crippen molar-refractivity contribution in [3.8, 4) is 0 Å². The molecule has 0 aromatic carbocycles. The first-order valence-electron chi connectivity index (χ1n) is 22.2. The van der Waals surface area contributed by atoms with Crippen LogP contribution in [-0.2, 0) is 27.9 Å². The van der Waals surface area contributed by atoms with Gasteiger partial charge in [-0.1, -0.05) is 120 Å². The van der Waals surface area contributed by atoms with Crippen LogP contribution in [0.1, 0.15) is 162 Å². The number of phosphoric acid groups is 1. The lowest BCUT2D eigenvalue weighted by molar-refractivity contribution is -0.870. The number of rotatable bonds is 40. The van der Waals surface area contributed by atoms with E-state index in [-0.39, 0.29) is 32.7 Å². The van der Waals surface area contributed by atoms with E-state index in [9.17, 15) is 24.5 Å². The number of carbonyl (C=O) groups is 1. The quantitative estimate of drug-likeness (QED) is 0.0138. The number of aliphatic hydroxyl groups excluding tert-OH is 2. The molecule has 0 aromatic heterocycles. The number of hydrogen-bond acceptors (Lipinski definition) is 8. The standard InChI is InChI=1S/C46H84NO9P/c1-6-8-10-12-14-16-18-20-21-22-23-25-27-29-31-33-39-53-41-43(42-55-57(51,52)54-40-38-47(3,4)5)56-46(50)37-34-36-45(49)44(48)35-32-30-28-26-24-19-17-15-13-11-9-7-2/h15-18,24,26,30,32-33,39,43-45,48-49H,6-14,19-23,25,27-29,31,34-38,40-42H2,1-5H3/p+1/b17-15-,18-16-,26-24-,32-30-,39-33+/t43-,44?,45?/m1/s1. The lowest BCUT2D eigenvalue weighted by Gasteiger charge is -2.24. The van der Waals surface area contributed by atoms with Crippen LogP contribution in [0, 0.1) is 0 Å². The third kappa shape index (κ3) is 40.5. The van der Waals surface area contributed by atoms with Crippen LogP contribution in [0.15, 0.2) is 60.9 Å². The predicted octanol–water partition coefficient (Wildman–Crippen LogP) is 11.2. The molecule has 0 spiro atoms. The fourth-order valence-corrected chi connectivity index (χ4v) is 6.42. The summed E-state index contributed by atoms with van der Waals surface area (Å²) >= 11 is 0. The number of ether oxygens (including phenoxy) is 2. The first kappa shape index (κ1) is 55.0. The summed E-state index contributed by atoms with van der Waals surface area (Å²) in [7, 11) is 1.45. The zero-order valence-corrected chi connectivity index (χ0v) is 37.7. The van der Waals surface area contributed by atoms with Crippen molar-refractivity contribution in [1.82, 2.24) is 0 Å². The molecule has 11 heteroatoms. The van der Waals surface area contributed by atoms with Crippen molar-refractivity contribution < 1.29 is 47.5 Å². The van der Waals surface area contributed by atoms with Gasteiger partial charge in [-0.05, 0) is 89.5 Å². The van der Waals surface area contributed by atoms with E-state index in [1.54, 1.807) is 6.26 Å². The van der Waals surface area contributed by atoms with Gasteiger partial charge in [0.05, 0.1) is 46.2 Å². The van der Waals surface area contributed by atoms with Crippen molar-refractivity contribution in [2.45, 2.75) is 180 Å². The molecule has 0 rings (SSSR count). The maximum Gasteiger partial charge on any atom is 0.472 e. The Labute approximate surface area is 348 Å². The van der Waals surface area contributed by atoms with Gasteiger partial charge in [0.1, 0.15) is 19.8 Å². The number of hydrogen-bond donors (Lipinski definition) is 3. The summed E-state index contributed by atoms with van der Waals surface area (Å²) in [6, 6.07) is 0. The molecular weight excluding hydrogens is 741 g/mol. The molecule has 0 saturated carbocycles. The zero-order valence-electron chi connectivity index (χ0n) is 36.8. The molecule has 0 bridgehead atoms. The number of unbranched alkanes of at least 4 members (excludes halogenated alkanes) is 14. The van der Waals surface area contributed by atoms with Gasteiger partial charge in [0.15, 0.2) is 6.10 Å². The van der Waals surface area contributed by atoms with Crippen molar-refractivity contribution in [3.05, 3.63) is 60.9 Å². The van der Waals surface area contributed by atoms with Crippen molar-refractivity contribution >= 4 is 13.8 Å². The van der Waals surface area contributed by atoms with E-state index in [0.29, 0.717) is 23.9 Å². The highest BCUT2D eigenvalue weighted by Crippen LogP contribution is 2.43. The minimum atomic E-state index is -4.38. The molecule has 0 aliphatic heterocycles. The maximum absolute atomic E-state index is 12.7. The Morgan fingerprint density at radius 1 is 0.632 bits per heavy atom. The van der Waals surface area contributed by atoms with E-state index in [0.717, 1.165) is 38.5 Å². The zero-order chi connectivity index (χ0) is 42.3. The van der Waals surface area contributed by atoms with E-state index in [1.807, 2.05) is 39.4 Å². The lowest BCUT2D eigenvalue weighted by atomic mass is 10.0. The van der Waals surface area contributed by atoms with Crippen LogP contribution in [0.5, 0.6) is 0 Å². The van der Waals surface area contributed by atoms with Gasteiger partial charge < -0.3 is 29.1 Å². The van der Waals surface area contributed by atoms with Crippen LogP contribution in [0.2, 0.25) is 0 Å². The summed E-state index contributed by atoms with van der Waals surface area (Å²) < 4.78 is 34.5. The Kier molecular flexibility index (Phi) is 36.8. The van der Waals surface area contributed by atoms with Gasteiger partial charge in [-0.2, -0.15) is 0 Å². The Morgan fingerprint density at radius 2 is 1.14 bits per heavy atom. The number of quaternary nitrogens is 1. The van der Waals surface area contributed by atoms with Gasteiger partial charge >= 0.3 is 13.8 Å². The first-order chi connectivity index (χ1) is 27.4. The summed E-state index contributed by atoms with van der Waals surface area (Å²) in [6.07, 6.45) is 40.9. The highest BCUT2D eigenvalue weighted by atomic mass is 31.2. The van der Waals surface area contributed by atoms with Gasteiger partial charge in [-0.15, -0.1) is 0 Å². The molecule has 0 aromatic rings. The van der Waals surface area contributed by atoms with Gasteiger partial charge in [0, 0.05) is 6.42 Å². The number of aliphatic hydroxyl groups is 2. The summed E-state index contributed by atoms with van der Waals surface area (Å²) in [5.74, 6) is -0.558. The van der Waals surface area contributed by atoms with Crippen LogP contribution in [0.4, 0.5) is 0 Å². The van der Waals surface area contributed by atoms with E-state index in [2.05, 4.69) is 50.3 Å². The minimum Gasteiger partial charge on any atom is -0.498 e. The fraction of sp³-hybridized carbons (Fsp3) is 0.761. The van der Waals surface area contributed by atoms with Gasteiger partial charge in [-0.3, -0.25) is 13.8 Å². The van der Waals surface area contributed by atoms with Crippen molar-refractivity contribution in [2.75, 3.05) is 47.5 Å². The number of carbonyl (C=O) groups excluding carboxylic acids is 1. The summed E-state index contributed by atoms with van der Waals surface area (Å²) in [6.45, 7) is 4.53. The smallest absolute Gasteiger partial charge is 0.472 e. The summed E-state index contributed by atoms with van der Waals surface area (Å²) in [5, 5.41) is 20.8. The van der Waals surface area contributed by atoms with Crippen LogP contribution in [0.25, 0.3) is 0 Å². The molecular formula is C46H85NO9P+. The summed E-state index contributed by atoms with van der Waals surface area (Å²) in [5.41, 5.74) is 0. The molecule has 3 N–H and O–H groups in total. The summed E-state index contributed by atoms with van der Waals surface area (Å²) in [4.78, 5) is 22.9. The van der Waals surface area contributed by atoms with E-state index >= 15 is 0 Å². The molecule has 0 fully saturated rings. The molecule has 0 saturated heterocycles. The maximum atomic E-state index is 12.7. The van der Waals surface area contributed by atoms with Gasteiger partial charge in [0.2, 0.25) is 0 Å². The molecule has 0 amide bonds. The SMILES string of the molecule is CCCCC/C=C\C/C=C\C/C=C\CC(O)C(O)CCCC(=O)O[C@H](CO/C=C/CCCCCCCC/C=C\CCCCCC)COP(=O)(O)OCC[N+](C)(C)C. The number of phosphoric ester groups is 1. The molecule has 57 heavy (non-hydrogen) atoms. The molecule has 332 valence electrons. The predicted molar refractivity (Wildman–Crippen MR) is 236 cm³/mol. The Hall–Kier alpha value is -2.04. The second kappa shape index (κ2) is 38.2. The first-order valence-corrected chi connectivity index (χ1v) is 23.7. The minimum absolute atomic E-state index is 0.00356. The number of nitrogens with zero attached hydrogens (tertiary/aromatic N) is 1. The Balaban J connectivity index is 4.56. The highest BCUT2D eigenvalue weighted by molar-refractivity contribution is 7.47. The molecule has 0 radical (unpaired) electrons. The van der Waals surface area contributed by atoms with Crippen molar-refractivity contribution in [2.24, 2.45) is 0 Å². The average Bonchev–Trinajstić information content (AvgIpc) is 3.16. The second-order valence-electron chi connectivity index (χ2n) is 16.1. The van der Waals surface area contributed by atoms with E-state index < -0.39 is 32.1 Å². The van der Waals surface area contributed by atoms with Crippen LogP contribution in [-0.4, -0.2) is 91.4 Å². The second-order valence-corrected chi connectivity index (χ2v) is 17.5. The number of esters is 1. The third-order valence-corrected chi connectivity index (χ3v) is 10.3. The third-order valence-electron chi connectivity index (χ3n) is 9.32. The molecule has 0 heterocycles. The van der Waals surface area contributed by atoms with Crippen LogP contribution >= 0.6 is 7.82 Å². The topological polar surface area (TPSA) is 132 Å². The number of allylic oxidation sites excluding steroid dienone is 8. The van der Waals surface area contributed by atoms with Gasteiger partial charge in [-0.25, -0.2) is 4.57 Å². The Bertz CT molecular complexity index is 1130. The molecule has 4 atom stereocenters. The largest absolute Gasteiger partial charge is 0.498 e. The van der Waals surface area contributed by atoms with E-state index in [4.69, 9.17) is 18.5 Å². The average molecular weight is 827 g/mol. The lowest BCUT2D eigenvalue weighted by Crippen LogP contribution is -2.37. The monoisotopic (exact) mass is 827 g/mol. The van der Waals surface area contributed by atoms with Gasteiger partial charge in [0.25, 0.3) is 0 Å². The van der Waals surface area contributed by atoms with Crippen molar-refractivity contribution in [3.63, 3.8) is 0 Å². The molecule has 0 aliphatic rings. The van der Waals surface area contributed by atoms with E-state index in [1.165, 1.54) is 83.5 Å². The number of likely N-dealkylation sites (N-methyl/N-ethyl adjacent to an activating group) is 1. The normalized spacial score (nSPS) is 15.4.